The molecule has 0 saturated carbocycles. The van der Waals surface area contributed by atoms with Gasteiger partial charge in [-0.1, -0.05) is 26.0 Å². The summed E-state index contributed by atoms with van der Waals surface area (Å²) in [4.78, 5) is 0. The molecule has 20 heavy (non-hydrogen) atoms. The van der Waals surface area contributed by atoms with Crippen LogP contribution in [0.1, 0.15) is 36.1 Å². The maximum Gasteiger partial charge on any atom is 0.0991 e. The first-order chi connectivity index (χ1) is 9.73. The van der Waals surface area contributed by atoms with Crippen LogP contribution in [0.25, 0.3) is 11.1 Å². The molecule has 0 spiro atoms. The molecule has 0 heterocycles. The van der Waals surface area contributed by atoms with E-state index in [0.29, 0.717) is 11.1 Å². The average molecular weight is 260 g/mol. The lowest BCUT2D eigenvalue weighted by Crippen LogP contribution is -1.94. The number of rotatable bonds is 3. The minimum absolute atomic E-state index is 0.692. The third-order valence-corrected chi connectivity index (χ3v) is 3.52. The topological polar surface area (TPSA) is 47.6 Å². The van der Waals surface area contributed by atoms with Crippen LogP contribution in [0, 0.1) is 22.7 Å². The van der Waals surface area contributed by atoms with Crippen molar-refractivity contribution in [1.82, 2.24) is 0 Å². The molecule has 0 bridgehead atoms. The van der Waals surface area contributed by atoms with E-state index in [4.69, 9.17) is 10.5 Å². The van der Waals surface area contributed by atoms with Crippen LogP contribution in [0.3, 0.4) is 0 Å². The highest BCUT2D eigenvalue weighted by Crippen LogP contribution is 2.29. The van der Waals surface area contributed by atoms with Gasteiger partial charge in [-0.2, -0.15) is 10.5 Å². The monoisotopic (exact) mass is 260 g/mol. The van der Waals surface area contributed by atoms with E-state index in [1.165, 1.54) is 11.1 Å². The van der Waals surface area contributed by atoms with Gasteiger partial charge in [0.15, 0.2) is 0 Å². The molecule has 2 heteroatoms. The number of aryl methyl sites for hydroxylation is 2. The fraction of sp³-hybridized carbons (Fsp3) is 0.222. The number of benzene rings is 2. The van der Waals surface area contributed by atoms with Crippen molar-refractivity contribution in [1.29, 1.82) is 10.5 Å². The standard InChI is InChI=1S/C18H16N2/c1-3-15-9-13(11-19)5-7-17(15)18-8-6-14(12-20)10-16(18)4-2/h5-10H,3-4H2,1-2H3. The number of nitriles is 2. The summed E-state index contributed by atoms with van der Waals surface area (Å²) in [7, 11) is 0. The Kier molecular flexibility index (Phi) is 4.18. The highest BCUT2D eigenvalue weighted by atomic mass is 14.2. The molecule has 0 unspecified atom stereocenters. The minimum Gasteiger partial charge on any atom is -0.192 e. The largest absolute Gasteiger partial charge is 0.192 e. The third-order valence-electron chi connectivity index (χ3n) is 3.52. The Balaban J connectivity index is 2.63. The third kappa shape index (κ3) is 2.56. The van der Waals surface area contributed by atoms with Gasteiger partial charge in [-0.3, -0.25) is 0 Å². The molecule has 0 N–H and O–H groups in total. The van der Waals surface area contributed by atoms with Crippen LogP contribution in [-0.2, 0) is 12.8 Å². The van der Waals surface area contributed by atoms with Gasteiger partial charge in [-0.25, -0.2) is 0 Å². The zero-order valence-corrected chi connectivity index (χ0v) is 11.8. The minimum atomic E-state index is 0.692. The second-order valence-electron chi connectivity index (χ2n) is 4.67. The average Bonchev–Trinajstić information content (AvgIpc) is 2.53. The first-order valence-electron chi connectivity index (χ1n) is 6.79. The van der Waals surface area contributed by atoms with Crippen LogP contribution >= 0.6 is 0 Å². The number of nitrogens with zero attached hydrogens (tertiary/aromatic N) is 2. The van der Waals surface area contributed by atoms with Gasteiger partial charge in [-0.15, -0.1) is 0 Å². The number of hydrogen-bond donors (Lipinski definition) is 0. The summed E-state index contributed by atoms with van der Waals surface area (Å²) in [6.07, 6.45) is 1.77. The molecule has 0 aliphatic heterocycles. The second kappa shape index (κ2) is 6.04. The van der Waals surface area contributed by atoms with Gasteiger partial charge in [0.25, 0.3) is 0 Å². The lowest BCUT2D eigenvalue weighted by atomic mass is 9.91. The van der Waals surface area contributed by atoms with E-state index >= 15 is 0 Å². The van der Waals surface area contributed by atoms with E-state index in [-0.39, 0.29) is 0 Å². The van der Waals surface area contributed by atoms with E-state index in [1.807, 2.05) is 36.4 Å². The summed E-state index contributed by atoms with van der Waals surface area (Å²) in [5.41, 5.74) is 6.04. The van der Waals surface area contributed by atoms with Crippen molar-refractivity contribution in [2.24, 2.45) is 0 Å². The van der Waals surface area contributed by atoms with Gasteiger partial charge in [0.05, 0.1) is 23.3 Å². The van der Waals surface area contributed by atoms with Crippen LogP contribution in [-0.4, -0.2) is 0 Å². The van der Waals surface area contributed by atoms with Gasteiger partial charge in [0.2, 0.25) is 0 Å². The Morgan fingerprint density at radius 1 is 0.750 bits per heavy atom. The summed E-state index contributed by atoms with van der Waals surface area (Å²) in [6, 6.07) is 16.0. The zero-order valence-electron chi connectivity index (χ0n) is 11.8. The Hall–Kier alpha value is -2.58. The molecule has 0 radical (unpaired) electrons. The van der Waals surface area contributed by atoms with Crippen molar-refractivity contribution in [3.8, 4) is 23.3 Å². The summed E-state index contributed by atoms with van der Waals surface area (Å²) in [5, 5.41) is 18.0. The summed E-state index contributed by atoms with van der Waals surface area (Å²) in [6.45, 7) is 4.19. The highest BCUT2D eigenvalue weighted by molar-refractivity contribution is 5.72. The molecule has 2 aromatic rings. The molecule has 0 saturated heterocycles. The SMILES string of the molecule is CCc1cc(C#N)ccc1-c1ccc(C#N)cc1CC. The lowest BCUT2D eigenvalue weighted by molar-refractivity contribution is 1.12. The maximum atomic E-state index is 9.00. The fourth-order valence-corrected chi connectivity index (χ4v) is 2.44. The normalized spacial score (nSPS) is 9.80. The van der Waals surface area contributed by atoms with Crippen LogP contribution in [0.4, 0.5) is 0 Å². The first-order valence-corrected chi connectivity index (χ1v) is 6.79. The van der Waals surface area contributed by atoms with Crippen molar-refractivity contribution >= 4 is 0 Å². The molecule has 0 aromatic heterocycles. The fourth-order valence-electron chi connectivity index (χ4n) is 2.44. The molecular weight excluding hydrogens is 244 g/mol. The van der Waals surface area contributed by atoms with Crippen molar-refractivity contribution in [3.63, 3.8) is 0 Å². The van der Waals surface area contributed by atoms with Gasteiger partial charge < -0.3 is 0 Å². The Morgan fingerprint density at radius 2 is 1.15 bits per heavy atom. The van der Waals surface area contributed by atoms with Crippen molar-refractivity contribution in [3.05, 3.63) is 58.7 Å². The van der Waals surface area contributed by atoms with E-state index in [2.05, 4.69) is 26.0 Å². The van der Waals surface area contributed by atoms with Crippen LogP contribution < -0.4 is 0 Å². The van der Waals surface area contributed by atoms with E-state index in [0.717, 1.165) is 24.0 Å². The predicted octanol–water partition coefficient (Wildman–Crippen LogP) is 4.22. The van der Waals surface area contributed by atoms with Crippen LogP contribution in [0.15, 0.2) is 36.4 Å². The van der Waals surface area contributed by atoms with E-state index < -0.39 is 0 Å². The highest BCUT2D eigenvalue weighted by Gasteiger charge is 2.09. The van der Waals surface area contributed by atoms with Gasteiger partial charge in [0, 0.05) is 0 Å². The number of hydrogen-bond acceptors (Lipinski definition) is 2. The quantitative estimate of drug-likeness (QED) is 0.829. The summed E-state index contributed by atoms with van der Waals surface area (Å²) >= 11 is 0. The second-order valence-corrected chi connectivity index (χ2v) is 4.67. The zero-order chi connectivity index (χ0) is 14.5. The van der Waals surface area contributed by atoms with Gasteiger partial charge >= 0.3 is 0 Å². The molecule has 0 atom stereocenters. The molecule has 0 fully saturated rings. The molecule has 2 rings (SSSR count). The lowest BCUT2D eigenvalue weighted by Gasteiger charge is -2.13. The van der Waals surface area contributed by atoms with Crippen molar-refractivity contribution in [2.75, 3.05) is 0 Å². The van der Waals surface area contributed by atoms with E-state index in [9.17, 15) is 0 Å². The first kappa shape index (κ1) is 13.8. The van der Waals surface area contributed by atoms with Crippen LogP contribution in [0.2, 0.25) is 0 Å². The molecule has 0 amide bonds. The van der Waals surface area contributed by atoms with Crippen molar-refractivity contribution < 1.29 is 0 Å². The molecular formula is C18H16N2. The smallest absolute Gasteiger partial charge is 0.0991 e. The van der Waals surface area contributed by atoms with Gasteiger partial charge in [-0.05, 0) is 59.4 Å². The molecule has 0 aliphatic rings. The van der Waals surface area contributed by atoms with Crippen molar-refractivity contribution in [2.45, 2.75) is 26.7 Å². The molecule has 98 valence electrons. The summed E-state index contributed by atoms with van der Waals surface area (Å²) < 4.78 is 0. The van der Waals surface area contributed by atoms with E-state index in [1.54, 1.807) is 0 Å². The Morgan fingerprint density at radius 3 is 1.45 bits per heavy atom. The predicted molar refractivity (Wildman–Crippen MR) is 80.1 cm³/mol. The van der Waals surface area contributed by atoms with Gasteiger partial charge in [0.1, 0.15) is 0 Å². The molecule has 0 aliphatic carbocycles. The molecule has 2 aromatic carbocycles. The Labute approximate surface area is 119 Å². The Bertz CT molecular complexity index is 652. The summed E-state index contributed by atoms with van der Waals surface area (Å²) in [5.74, 6) is 0. The maximum absolute atomic E-state index is 9.00. The van der Waals surface area contributed by atoms with Crippen LogP contribution in [0.5, 0.6) is 0 Å². The molecule has 2 nitrogen and oxygen atoms in total.